The quantitative estimate of drug-likeness (QED) is 0.880. The van der Waals surface area contributed by atoms with Gasteiger partial charge in [-0.3, -0.25) is 4.79 Å². The van der Waals surface area contributed by atoms with E-state index in [2.05, 4.69) is 10.5 Å². The Morgan fingerprint density at radius 3 is 2.89 bits per heavy atom. The highest BCUT2D eigenvalue weighted by Gasteiger charge is 2.17. The molecule has 19 heavy (non-hydrogen) atoms. The molecule has 1 fully saturated rings. The summed E-state index contributed by atoms with van der Waals surface area (Å²) in [5.41, 5.74) is 0.815. The molecule has 0 saturated carbocycles. The van der Waals surface area contributed by atoms with E-state index in [1.54, 1.807) is 4.90 Å². The van der Waals surface area contributed by atoms with E-state index in [1.807, 2.05) is 20.0 Å². The maximum absolute atomic E-state index is 12.0. The predicted octanol–water partition coefficient (Wildman–Crippen LogP) is 1.72. The van der Waals surface area contributed by atoms with Gasteiger partial charge in [-0.1, -0.05) is 5.16 Å². The summed E-state index contributed by atoms with van der Waals surface area (Å²) in [6.45, 7) is 4.57. The largest absolute Gasteiger partial charge is 0.361 e. The van der Waals surface area contributed by atoms with Gasteiger partial charge in [0.25, 0.3) is 0 Å². The van der Waals surface area contributed by atoms with Gasteiger partial charge in [-0.2, -0.15) is 0 Å². The molecule has 0 unspecified atom stereocenters. The van der Waals surface area contributed by atoms with Crippen LogP contribution in [0.1, 0.15) is 37.1 Å². The summed E-state index contributed by atoms with van der Waals surface area (Å²) in [5, 5.41) is 7.26. The highest BCUT2D eigenvalue weighted by molar-refractivity contribution is 5.75. The lowest BCUT2D eigenvalue weighted by Gasteiger charge is -2.23. The second-order valence-electron chi connectivity index (χ2n) is 5.41. The van der Waals surface area contributed by atoms with E-state index in [9.17, 15) is 4.79 Å². The molecule has 1 N–H and O–H groups in total. The van der Waals surface area contributed by atoms with Crippen molar-refractivity contribution >= 4 is 5.91 Å². The molecule has 0 radical (unpaired) electrons. The molecule has 0 aliphatic carbocycles. The van der Waals surface area contributed by atoms with Crippen molar-refractivity contribution in [3.8, 4) is 0 Å². The molecule has 5 heteroatoms. The van der Waals surface area contributed by atoms with Gasteiger partial charge in [-0.05, 0) is 45.2 Å². The number of carbonyl (C=O) groups excluding carboxylic acids is 1. The van der Waals surface area contributed by atoms with E-state index in [-0.39, 0.29) is 5.91 Å². The summed E-state index contributed by atoms with van der Waals surface area (Å²) >= 11 is 0. The molecule has 0 aromatic carbocycles. The molecular formula is C14H23N3O2. The maximum atomic E-state index is 12.0. The van der Waals surface area contributed by atoms with Crippen molar-refractivity contribution in [2.45, 2.75) is 39.2 Å². The van der Waals surface area contributed by atoms with E-state index in [0.717, 1.165) is 31.0 Å². The number of carbonyl (C=O) groups is 1. The highest BCUT2D eigenvalue weighted by Crippen LogP contribution is 2.18. The number of hydrogen-bond donors (Lipinski definition) is 1. The first-order valence-corrected chi connectivity index (χ1v) is 7.02. The lowest BCUT2D eigenvalue weighted by atomic mass is 9.93. The van der Waals surface area contributed by atoms with Crippen LogP contribution in [0.5, 0.6) is 0 Å². The van der Waals surface area contributed by atoms with Crippen LogP contribution in [-0.4, -0.2) is 36.1 Å². The lowest BCUT2D eigenvalue weighted by molar-refractivity contribution is -0.130. The summed E-state index contributed by atoms with van der Waals surface area (Å²) in [5.74, 6) is 1.68. The molecule has 1 aliphatic rings. The van der Waals surface area contributed by atoms with Crippen molar-refractivity contribution in [1.29, 1.82) is 0 Å². The first-order valence-electron chi connectivity index (χ1n) is 7.02. The molecular weight excluding hydrogens is 242 g/mol. The Labute approximate surface area is 114 Å². The number of aromatic nitrogens is 1. The standard InChI is InChI=1S/C14H23N3O2/c1-11-9-13(16-19-11)10-17(2)14(18)4-3-12-5-7-15-8-6-12/h9,12,15H,3-8,10H2,1-2H3. The monoisotopic (exact) mass is 265 g/mol. The number of nitrogens with zero attached hydrogens (tertiary/aromatic N) is 2. The van der Waals surface area contributed by atoms with Crippen molar-refractivity contribution in [3.05, 3.63) is 17.5 Å². The van der Waals surface area contributed by atoms with Gasteiger partial charge in [0.1, 0.15) is 11.5 Å². The first-order chi connectivity index (χ1) is 9.15. The van der Waals surface area contributed by atoms with Crippen molar-refractivity contribution < 1.29 is 9.32 Å². The Hall–Kier alpha value is -1.36. The molecule has 5 nitrogen and oxygen atoms in total. The Balaban J connectivity index is 1.72. The van der Waals surface area contributed by atoms with Crippen LogP contribution in [-0.2, 0) is 11.3 Å². The Morgan fingerprint density at radius 2 is 2.26 bits per heavy atom. The molecule has 1 aromatic rings. The average Bonchev–Trinajstić information content (AvgIpc) is 2.82. The average molecular weight is 265 g/mol. The maximum Gasteiger partial charge on any atom is 0.222 e. The van der Waals surface area contributed by atoms with Crippen LogP contribution < -0.4 is 5.32 Å². The molecule has 0 spiro atoms. The minimum absolute atomic E-state index is 0.194. The fraction of sp³-hybridized carbons (Fsp3) is 0.714. The number of nitrogens with one attached hydrogen (secondary N) is 1. The van der Waals surface area contributed by atoms with E-state index < -0.39 is 0 Å². The molecule has 2 rings (SSSR count). The molecule has 1 aliphatic heterocycles. The SMILES string of the molecule is Cc1cc(CN(C)C(=O)CCC2CCNCC2)no1. The Morgan fingerprint density at radius 1 is 1.53 bits per heavy atom. The van der Waals surface area contributed by atoms with Crippen molar-refractivity contribution in [2.24, 2.45) is 5.92 Å². The van der Waals surface area contributed by atoms with Gasteiger partial charge in [0, 0.05) is 19.5 Å². The molecule has 1 aromatic heterocycles. The van der Waals surface area contributed by atoms with Crippen molar-refractivity contribution in [3.63, 3.8) is 0 Å². The van der Waals surface area contributed by atoms with Gasteiger partial charge in [0.15, 0.2) is 0 Å². The first kappa shape index (κ1) is 14.1. The second kappa shape index (κ2) is 6.70. The van der Waals surface area contributed by atoms with Crippen molar-refractivity contribution in [1.82, 2.24) is 15.4 Å². The summed E-state index contributed by atoms with van der Waals surface area (Å²) < 4.78 is 5.01. The zero-order valence-corrected chi connectivity index (χ0v) is 11.8. The van der Waals surface area contributed by atoms with Crippen molar-refractivity contribution in [2.75, 3.05) is 20.1 Å². The fourth-order valence-corrected chi connectivity index (χ4v) is 2.51. The molecule has 1 amide bonds. The molecule has 106 valence electrons. The van der Waals surface area contributed by atoms with Gasteiger partial charge in [-0.15, -0.1) is 0 Å². The predicted molar refractivity (Wildman–Crippen MR) is 72.5 cm³/mol. The van der Waals surface area contributed by atoms with E-state index in [0.29, 0.717) is 18.9 Å². The van der Waals surface area contributed by atoms with Crippen LogP contribution in [0, 0.1) is 12.8 Å². The van der Waals surface area contributed by atoms with Gasteiger partial charge in [0.05, 0.1) is 6.54 Å². The minimum atomic E-state index is 0.194. The molecule has 0 atom stereocenters. The number of amides is 1. The number of rotatable bonds is 5. The van der Waals surface area contributed by atoms with Crippen LogP contribution in [0.25, 0.3) is 0 Å². The van der Waals surface area contributed by atoms with Crippen LogP contribution in [0.4, 0.5) is 0 Å². The zero-order chi connectivity index (χ0) is 13.7. The smallest absolute Gasteiger partial charge is 0.222 e. The molecule has 1 saturated heterocycles. The third kappa shape index (κ3) is 4.35. The summed E-state index contributed by atoms with van der Waals surface area (Å²) in [6.07, 6.45) is 4.03. The van der Waals surface area contributed by atoms with Gasteiger partial charge >= 0.3 is 0 Å². The second-order valence-corrected chi connectivity index (χ2v) is 5.41. The van der Waals surface area contributed by atoms with Gasteiger partial charge in [-0.25, -0.2) is 0 Å². The van der Waals surface area contributed by atoms with E-state index >= 15 is 0 Å². The number of hydrogen-bond acceptors (Lipinski definition) is 4. The third-order valence-electron chi connectivity index (χ3n) is 3.73. The molecule has 2 heterocycles. The van der Waals surface area contributed by atoms with Gasteiger partial charge < -0.3 is 14.7 Å². The van der Waals surface area contributed by atoms with Crippen LogP contribution in [0.15, 0.2) is 10.6 Å². The topological polar surface area (TPSA) is 58.4 Å². The minimum Gasteiger partial charge on any atom is -0.361 e. The highest BCUT2D eigenvalue weighted by atomic mass is 16.5. The summed E-state index contributed by atoms with van der Waals surface area (Å²) in [6, 6.07) is 1.87. The van der Waals surface area contributed by atoms with Crippen LogP contribution in [0.2, 0.25) is 0 Å². The van der Waals surface area contributed by atoms with Crippen LogP contribution >= 0.6 is 0 Å². The van der Waals surface area contributed by atoms with E-state index in [1.165, 1.54) is 12.8 Å². The molecule has 0 bridgehead atoms. The summed E-state index contributed by atoms with van der Waals surface area (Å²) in [7, 11) is 1.83. The third-order valence-corrected chi connectivity index (χ3v) is 3.73. The van der Waals surface area contributed by atoms with E-state index in [4.69, 9.17) is 4.52 Å². The Kier molecular flexibility index (Phi) is 4.96. The van der Waals surface area contributed by atoms with Gasteiger partial charge in [0.2, 0.25) is 5.91 Å². The zero-order valence-electron chi connectivity index (χ0n) is 11.8. The Bertz CT molecular complexity index is 411. The fourth-order valence-electron chi connectivity index (χ4n) is 2.51. The normalized spacial score (nSPS) is 16.5. The summed E-state index contributed by atoms with van der Waals surface area (Å²) in [4.78, 5) is 13.8. The number of aryl methyl sites for hydroxylation is 1. The lowest BCUT2D eigenvalue weighted by Crippen LogP contribution is -2.30. The number of piperidine rings is 1. The van der Waals surface area contributed by atoms with Crippen LogP contribution in [0.3, 0.4) is 0 Å².